The van der Waals surface area contributed by atoms with Gasteiger partial charge in [0.05, 0.1) is 6.42 Å². The predicted molar refractivity (Wildman–Crippen MR) is 50.6 cm³/mol. The molecule has 6 nitrogen and oxygen atoms in total. The first-order valence-electron chi connectivity index (χ1n) is 4.29. The third-order valence-electron chi connectivity index (χ3n) is 2.03. The minimum atomic E-state index is -0.597. The highest BCUT2D eigenvalue weighted by Crippen LogP contribution is 2.25. The molecule has 0 saturated carbocycles. The molecule has 1 unspecified atom stereocenters. The first-order valence-corrected chi connectivity index (χ1v) is 4.29. The average Bonchev–Trinajstić information content (AvgIpc) is 2.62. The van der Waals surface area contributed by atoms with Gasteiger partial charge in [0.1, 0.15) is 23.5 Å². The van der Waals surface area contributed by atoms with Crippen molar-refractivity contribution in [3.05, 3.63) is 12.0 Å². The zero-order valence-corrected chi connectivity index (χ0v) is 8.07. The molecule has 0 radical (unpaired) electrons. The second-order valence-corrected chi connectivity index (χ2v) is 3.52. The summed E-state index contributed by atoms with van der Waals surface area (Å²) >= 11 is 0. The maximum Gasteiger partial charge on any atom is 0.212 e. The molecule has 1 aromatic rings. The van der Waals surface area contributed by atoms with Gasteiger partial charge in [0, 0.05) is 0 Å². The van der Waals surface area contributed by atoms with Crippen molar-refractivity contribution < 1.29 is 9.36 Å². The lowest BCUT2D eigenvalue weighted by Gasteiger charge is -2.22. The van der Waals surface area contributed by atoms with Gasteiger partial charge in [0.25, 0.3) is 0 Å². The predicted octanol–water partition coefficient (Wildman–Crippen LogP) is 0.804. The summed E-state index contributed by atoms with van der Waals surface area (Å²) in [5.41, 5.74) is 6.49. The lowest BCUT2D eigenvalue weighted by Crippen LogP contribution is -2.35. The van der Waals surface area contributed by atoms with Crippen molar-refractivity contribution in [2.75, 3.05) is 5.32 Å². The van der Waals surface area contributed by atoms with Crippen molar-refractivity contribution in [3.63, 3.8) is 0 Å². The van der Waals surface area contributed by atoms with Crippen molar-refractivity contribution in [1.82, 2.24) is 5.16 Å². The largest absolute Gasteiger partial charge is 0.384 e. The topological polar surface area (TPSA) is 85.7 Å². The van der Waals surface area contributed by atoms with Crippen molar-refractivity contribution >= 4 is 11.5 Å². The van der Waals surface area contributed by atoms with Gasteiger partial charge in [-0.2, -0.15) is 0 Å². The molecule has 2 rings (SSSR count). The maximum absolute atomic E-state index is 5.52. The van der Waals surface area contributed by atoms with E-state index in [1.165, 1.54) is 6.26 Å². The van der Waals surface area contributed by atoms with Gasteiger partial charge < -0.3 is 20.4 Å². The normalized spacial score (nSPS) is 25.7. The molecule has 0 spiro atoms. The summed E-state index contributed by atoms with van der Waals surface area (Å²) < 4.78 is 4.79. The van der Waals surface area contributed by atoms with Crippen molar-refractivity contribution in [1.29, 1.82) is 0 Å². The van der Waals surface area contributed by atoms with E-state index in [4.69, 9.17) is 15.1 Å². The van der Waals surface area contributed by atoms with E-state index in [9.17, 15) is 0 Å². The number of nitrogens with zero attached hydrogens (tertiary/aromatic N) is 2. The van der Waals surface area contributed by atoms with E-state index in [0.717, 1.165) is 11.4 Å². The number of anilines is 1. The van der Waals surface area contributed by atoms with E-state index >= 15 is 0 Å². The van der Waals surface area contributed by atoms with E-state index in [1.807, 2.05) is 13.8 Å². The van der Waals surface area contributed by atoms with Gasteiger partial charge in [-0.15, -0.1) is 0 Å². The molecule has 6 heteroatoms. The van der Waals surface area contributed by atoms with Crippen LogP contribution in [0.25, 0.3) is 0 Å². The molecule has 1 atom stereocenters. The molecule has 0 aromatic carbocycles. The highest BCUT2D eigenvalue weighted by Gasteiger charge is 2.33. The number of nitrogens with one attached hydrogen (secondary N) is 1. The zero-order chi connectivity index (χ0) is 10.2. The molecule has 1 aliphatic heterocycles. The number of hydrogen-bond acceptors (Lipinski definition) is 6. The second kappa shape index (κ2) is 2.90. The Hall–Kier alpha value is -1.72. The lowest BCUT2D eigenvalue weighted by atomic mass is 10.1. The van der Waals surface area contributed by atoms with E-state index in [-0.39, 0.29) is 0 Å². The molecule has 0 amide bonds. The van der Waals surface area contributed by atoms with Crippen molar-refractivity contribution in [2.45, 2.75) is 26.0 Å². The molecule has 3 N–H and O–H groups in total. The Balaban J connectivity index is 2.09. The second-order valence-electron chi connectivity index (χ2n) is 3.52. The fourth-order valence-electron chi connectivity index (χ4n) is 1.33. The van der Waals surface area contributed by atoms with E-state index in [1.54, 1.807) is 0 Å². The van der Waals surface area contributed by atoms with Crippen LogP contribution in [-0.4, -0.2) is 16.7 Å². The quantitative estimate of drug-likeness (QED) is 0.730. The summed E-state index contributed by atoms with van der Waals surface area (Å²) in [7, 11) is 0. The number of oxime groups is 1. The number of aryl methyl sites for hydroxylation is 1. The molecule has 1 aliphatic rings. The van der Waals surface area contributed by atoms with Crippen molar-refractivity contribution in [2.24, 2.45) is 10.9 Å². The molecular weight excluding hydrogens is 184 g/mol. The fraction of sp³-hybridized carbons (Fsp3) is 0.500. The standard InChI is InChI=1S/C8H12N4O2/c1-5-6(4-13-11-5)10-8(2)3-7(9)12-14-8/h4,10H,3H2,1-2H3,(H2,9,12). The van der Waals surface area contributed by atoms with Gasteiger partial charge in [-0.05, 0) is 13.8 Å². The highest BCUT2D eigenvalue weighted by molar-refractivity contribution is 5.82. The highest BCUT2D eigenvalue weighted by atomic mass is 16.7. The van der Waals surface area contributed by atoms with Gasteiger partial charge in [0.15, 0.2) is 0 Å². The average molecular weight is 196 g/mol. The third kappa shape index (κ3) is 1.50. The Kier molecular flexibility index (Phi) is 1.83. The van der Waals surface area contributed by atoms with Crippen LogP contribution >= 0.6 is 0 Å². The molecule has 0 aliphatic carbocycles. The van der Waals surface area contributed by atoms with Crippen molar-refractivity contribution in [3.8, 4) is 0 Å². The summed E-state index contributed by atoms with van der Waals surface area (Å²) in [6.45, 7) is 3.71. The number of hydrogen-bond donors (Lipinski definition) is 2. The Labute approximate surface area is 81.1 Å². The smallest absolute Gasteiger partial charge is 0.212 e. The molecule has 2 heterocycles. The summed E-state index contributed by atoms with van der Waals surface area (Å²) in [4.78, 5) is 5.16. The first kappa shape index (κ1) is 8.86. The lowest BCUT2D eigenvalue weighted by molar-refractivity contribution is 0.0199. The minimum Gasteiger partial charge on any atom is -0.384 e. The number of nitrogens with two attached hydrogens (primary N) is 1. The molecule has 14 heavy (non-hydrogen) atoms. The van der Waals surface area contributed by atoms with Gasteiger partial charge in [-0.25, -0.2) is 0 Å². The van der Waals surface area contributed by atoms with Gasteiger partial charge in [-0.3, -0.25) is 0 Å². The molecule has 0 fully saturated rings. The first-order chi connectivity index (χ1) is 6.59. The van der Waals surface area contributed by atoms with Crippen LogP contribution in [0.15, 0.2) is 15.9 Å². The SMILES string of the molecule is Cc1nocc1NC1(C)CC(N)=NO1. The Bertz CT molecular complexity index is 373. The van der Waals surface area contributed by atoms with Crippen LogP contribution in [0.3, 0.4) is 0 Å². The van der Waals surface area contributed by atoms with Crippen LogP contribution in [0.4, 0.5) is 5.69 Å². The summed E-state index contributed by atoms with van der Waals surface area (Å²) in [6.07, 6.45) is 2.07. The van der Waals surface area contributed by atoms with E-state index in [0.29, 0.717) is 12.3 Å². The fourth-order valence-corrected chi connectivity index (χ4v) is 1.33. The van der Waals surface area contributed by atoms with E-state index < -0.39 is 5.72 Å². The summed E-state index contributed by atoms with van der Waals surface area (Å²) in [5, 5.41) is 10.6. The van der Waals surface area contributed by atoms with Crippen LogP contribution in [0, 0.1) is 6.92 Å². The van der Waals surface area contributed by atoms with Crippen LogP contribution in [0.1, 0.15) is 19.0 Å². The van der Waals surface area contributed by atoms with Gasteiger partial charge in [-0.1, -0.05) is 10.3 Å². The minimum absolute atomic E-state index is 0.481. The monoisotopic (exact) mass is 196 g/mol. The maximum atomic E-state index is 5.52. The molecule has 0 saturated heterocycles. The number of aromatic nitrogens is 1. The van der Waals surface area contributed by atoms with Crippen LogP contribution in [-0.2, 0) is 4.84 Å². The van der Waals surface area contributed by atoms with E-state index in [2.05, 4.69) is 15.6 Å². The Morgan fingerprint density at radius 2 is 2.43 bits per heavy atom. The Morgan fingerprint density at radius 1 is 1.64 bits per heavy atom. The number of amidine groups is 1. The molecular formula is C8H12N4O2. The molecule has 0 bridgehead atoms. The summed E-state index contributed by atoms with van der Waals surface area (Å²) in [6, 6.07) is 0. The third-order valence-corrected chi connectivity index (χ3v) is 2.03. The van der Waals surface area contributed by atoms with Gasteiger partial charge in [0.2, 0.25) is 5.72 Å². The van der Waals surface area contributed by atoms with Gasteiger partial charge >= 0.3 is 0 Å². The van der Waals surface area contributed by atoms with Crippen LogP contribution in [0.2, 0.25) is 0 Å². The summed E-state index contributed by atoms with van der Waals surface area (Å²) in [5.74, 6) is 0.481. The zero-order valence-electron chi connectivity index (χ0n) is 8.07. The van der Waals surface area contributed by atoms with Crippen LogP contribution in [0.5, 0.6) is 0 Å². The molecule has 76 valence electrons. The molecule has 1 aromatic heterocycles. The van der Waals surface area contributed by atoms with Crippen LogP contribution < -0.4 is 11.1 Å². The Morgan fingerprint density at radius 3 is 2.93 bits per heavy atom. The number of rotatable bonds is 2.